The Balaban J connectivity index is 1.85. The van der Waals surface area contributed by atoms with E-state index in [2.05, 4.69) is 18.8 Å². The molecule has 4 atom stereocenters. The van der Waals surface area contributed by atoms with Crippen LogP contribution in [0.2, 0.25) is 0 Å². The van der Waals surface area contributed by atoms with Crippen molar-refractivity contribution in [3.05, 3.63) is 47.4 Å². The van der Waals surface area contributed by atoms with Crippen LogP contribution in [0, 0.1) is 11.8 Å². The lowest BCUT2D eigenvalue weighted by molar-refractivity contribution is -0.146. The van der Waals surface area contributed by atoms with E-state index in [1.165, 1.54) is 12.7 Å². The molecule has 0 radical (unpaired) electrons. The summed E-state index contributed by atoms with van der Waals surface area (Å²) in [5.74, 6) is 2.19. The van der Waals surface area contributed by atoms with Crippen molar-refractivity contribution < 1.29 is 19.4 Å². The number of hydrogen-bond donors (Lipinski definition) is 1. The number of rotatable bonds is 5. The van der Waals surface area contributed by atoms with E-state index in [0.29, 0.717) is 24.3 Å². The van der Waals surface area contributed by atoms with E-state index < -0.39 is 0 Å². The van der Waals surface area contributed by atoms with Crippen LogP contribution in [0.4, 0.5) is 0 Å². The van der Waals surface area contributed by atoms with E-state index in [1.54, 1.807) is 12.3 Å². The van der Waals surface area contributed by atoms with Crippen LogP contribution < -0.4 is 0 Å². The zero-order valence-corrected chi connectivity index (χ0v) is 18.6. The fourth-order valence-electron chi connectivity index (χ4n) is 5.02. The molecule has 2 aliphatic rings. The summed E-state index contributed by atoms with van der Waals surface area (Å²) in [5.41, 5.74) is 3.15. The predicted molar refractivity (Wildman–Crippen MR) is 119 cm³/mol. The maximum Gasteiger partial charge on any atom is 0.309 e. The Bertz CT molecular complexity index is 973. The molecule has 0 saturated heterocycles. The van der Waals surface area contributed by atoms with Crippen molar-refractivity contribution in [3.8, 4) is 5.75 Å². The lowest BCUT2D eigenvalue weighted by atomic mass is 9.69. The molecule has 6 heteroatoms. The van der Waals surface area contributed by atoms with E-state index in [0.717, 1.165) is 35.3 Å². The van der Waals surface area contributed by atoms with Crippen LogP contribution in [0.5, 0.6) is 5.75 Å². The largest absolute Gasteiger partial charge is 0.506 e. The second kappa shape index (κ2) is 8.88. The van der Waals surface area contributed by atoms with E-state index >= 15 is 0 Å². The van der Waals surface area contributed by atoms with Crippen molar-refractivity contribution in [1.82, 2.24) is 4.98 Å². The molecule has 0 fully saturated rings. The molecule has 1 aliphatic carbocycles. The minimum atomic E-state index is -0.234. The summed E-state index contributed by atoms with van der Waals surface area (Å²) >= 11 is 1.83. The first kappa shape index (κ1) is 21.0. The van der Waals surface area contributed by atoms with E-state index in [4.69, 9.17) is 9.47 Å². The molecular formula is C24H29NO4S. The lowest BCUT2D eigenvalue weighted by Crippen LogP contribution is -2.34. The average molecular weight is 428 g/mol. The first-order valence-corrected chi connectivity index (χ1v) is 11.8. The smallest absolute Gasteiger partial charge is 0.309 e. The standard InChI is InChI=1S/C24H29NO4S/c1-4-14-13-21(30-5-2)29-20-12-15(24(27)28-3)11-18(22(14)20)16-8-9-19(26)23-17(16)7-6-10-25-23/h6-10,14-15,18,21,26H,4-5,11-13H2,1-3H3. The highest BCUT2D eigenvalue weighted by Crippen LogP contribution is 2.51. The number of fused-ring (bicyclic) bond motifs is 1. The lowest BCUT2D eigenvalue weighted by Gasteiger charge is -2.42. The molecule has 1 aromatic heterocycles. The fourth-order valence-corrected chi connectivity index (χ4v) is 5.95. The fraction of sp³-hybridized carbons (Fsp3) is 0.500. The van der Waals surface area contributed by atoms with Gasteiger partial charge in [-0.15, -0.1) is 11.8 Å². The molecular weight excluding hydrogens is 398 g/mol. The Labute approximate surface area is 181 Å². The molecule has 2 aromatic rings. The number of methoxy groups -OCH3 is 1. The number of carbonyl (C=O) groups is 1. The zero-order chi connectivity index (χ0) is 21.3. The van der Waals surface area contributed by atoms with Crippen molar-refractivity contribution in [2.45, 2.75) is 50.9 Å². The van der Waals surface area contributed by atoms with E-state index in [9.17, 15) is 9.90 Å². The molecule has 0 saturated carbocycles. The van der Waals surface area contributed by atoms with Crippen LogP contribution >= 0.6 is 11.8 Å². The molecule has 0 amide bonds. The van der Waals surface area contributed by atoms with Gasteiger partial charge in [0.25, 0.3) is 0 Å². The van der Waals surface area contributed by atoms with Crippen LogP contribution in [-0.4, -0.2) is 34.4 Å². The SMILES string of the molecule is CCSC1CC(CC)C2=C(CC(C(=O)OC)CC2c2ccc(O)c3ncccc23)O1. The monoisotopic (exact) mass is 427 g/mol. The first-order chi connectivity index (χ1) is 14.6. The molecule has 1 N–H and O–H groups in total. The topological polar surface area (TPSA) is 68.7 Å². The number of thioether (sulfide) groups is 1. The van der Waals surface area contributed by atoms with Gasteiger partial charge in [-0.2, -0.15) is 0 Å². The van der Waals surface area contributed by atoms with Gasteiger partial charge in [-0.05, 0) is 47.8 Å². The second-order valence-electron chi connectivity index (χ2n) is 8.01. The number of nitrogens with zero attached hydrogens (tertiary/aromatic N) is 1. The number of hydrogen-bond acceptors (Lipinski definition) is 6. The third kappa shape index (κ3) is 3.78. The average Bonchev–Trinajstić information content (AvgIpc) is 2.78. The van der Waals surface area contributed by atoms with Gasteiger partial charge >= 0.3 is 5.97 Å². The first-order valence-electron chi connectivity index (χ1n) is 10.7. The van der Waals surface area contributed by atoms with Gasteiger partial charge < -0.3 is 14.6 Å². The highest BCUT2D eigenvalue weighted by atomic mass is 32.2. The number of benzene rings is 1. The molecule has 0 bridgehead atoms. The van der Waals surface area contributed by atoms with E-state index in [1.807, 2.05) is 30.0 Å². The molecule has 160 valence electrons. The maximum atomic E-state index is 12.5. The molecule has 1 aliphatic heterocycles. The molecule has 30 heavy (non-hydrogen) atoms. The van der Waals surface area contributed by atoms with Crippen LogP contribution in [0.25, 0.3) is 10.9 Å². The van der Waals surface area contributed by atoms with Gasteiger partial charge in [0.05, 0.1) is 18.8 Å². The summed E-state index contributed by atoms with van der Waals surface area (Å²) in [5, 5.41) is 11.3. The minimum Gasteiger partial charge on any atom is -0.506 e. The quantitative estimate of drug-likeness (QED) is 0.646. The Morgan fingerprint density at radius 3 is 2.87 bits per heavy atom. The van der Waals surface area contributed by atoms with Crippen molar-refractivity contribution in [2.75, 3.05) is 12.9 Å². The number of ether oxygens (including phenoxy) is 2. The Morgan fingerprint density at radius 1 is 1.30 bits per heavy atom. The van der Waals surface area contributed by atoms with Gasteiger partial charge in [0, 0.05) is 30.3 Å². The number of phenolic OH excluding ortho intramolecular Hbond substituents is 1. The third-order valence-electron chi connectivity index (χ3n) is 6.38. The summed E-state index contributed by atoms with van der Waals surface area (Å²) in [6.45, 7) is 4.38. The minimum absolute atomic E-state index is 0.0441. The molecule has 5 nitrogen and oxygen atoms in total. The molecule has 0 spiro atoms. The zero-order valence-electron chi connectivity index (χ0n) is 17.8. The van der Waals surface area contributed by atoms with Crippen LogP contribution in [0.15, 0.2) is 41.8 Å². The van der Waals surface area contributed by atoms with Crippen LogP contribution in [-0.2, 0) is 14.3 Å². The second-order valence-corrected chi connectivity index (χ2v) is 9.44. The van der Waals surface area contributed by atoms with Crippen LogP contribution in [0.3, 0.4) is 0 Å². The Kier molecular flexibility index (Phi) is 6.23. The summed E-state index contributed by atoms with van der Waals surface area (Å²) < 4.78 is 11.6. The van der Waals surface area contributed by atoms with Crippen molar-refractivity contribution >= 4 is 28.6 Å². The highest BCUT2D eigenvalue weighted by Gasteiger charge is 2.42. The third-order valence-corrected chi connectivity index (χ3v) is 7.37. The predicted octanol–water partition coefficient (Wildman–Crippen LogP) is 5.39. The molecule has 4 rings (SSSR count). The van der Waals surface area contributed by atoms with Crippen molar-refractivity contribution in [1.29, 1.82) is 0 Å². The maximum absolute atomic E-state index is 12.5. The number of allylic oxidation sites excluding steroid dienone is 2. The van der Waals surface area contributed by atoms with E-state index in [-0.39, 0.29) is 29.0 Å². The van der Waals surface area contributed by atoms with Gasteiger partial charge in [0.2, 0.25) is 0 Å². The van der Waals surface area contributed by atoms with Crippen molar-refractivity contribution in [2.24, 2.45) is 11.8 Å². The number of carbonyl (C=O) groups excluding carboxylic acids is 1. The van der Waals surface area contributed by atoms with Gasteiger partial charge in [0.15, 0.2) is 0 Å². The number of esters is 1. The molecule has 1 aromatic carbocycles. The Hall–Kier alpha value is -2.21. The number of pyridine rings is 1. The summed E-state index contributed by atoms with van der Waals surface area (Å²) in [7, 11) is 1.45. The highest BCUT2D eigenvalue weighted by molar-refractivity contribution is 7.99. The molecule has 4 unspecified atom stereocenters. The number of aromatic nitrogens is 1. The van der Waals surface area contributed by atoms with Gasteiger partial charge in [-0.1, -0.05) is 26.0 Å². The summed E-state index contributed by atoms with van der Waals surface area (Å²) in [4.78, 5) is 16.9. The normalized spacial score (nSPS) is 26.2. The molecule has 2 heterocycles. The summed E-state index contributed by atoms with van der Waals surface area (Å²) in [6.07, 6.45) is 5.01. The number of aromatic hydroxyl groups is 1. The van der Waals surface area contributed by atoms with Gasteiger partial charge in [-0.3, -0.25) is 9.78 Å². The van der Waals surface area contributed by atoms with Gasteiger partial charge in [0.1, 0.15) is 16.7 Å². The Morgan fingerprint density at radius 2 is 2.13 bits per heavy atom. The van der Waals surface area contributed by atoms with Gasteiger partial charge in [-0.25, -0.2) is 0 Å². The summed E-state index contributed by atoms with van der Waals surface area (Å²) in [6, 6.07) is 7.59. The van der Waals surface area contributed by atoms with Crippen molar-refractivity contribution in [3.63, 3.8) is 0 Å². The number of phenols is 1. The van der Waals surface area contributed by atoms with Crippen LogP contribution in [0.1, 0.15) is 51.0 Å².